The normalized spacial score (nSPS) is 11.0. The van der Waals surface area contributed by atoms with E-state index < -0.39 is 0 Å². The Bertz CT molecular complexity index is 731. The van der Waals surface area contributed by atoms with Crippen molar-refractivity contribution in [3.8, 4) is 11.4 Å². The lowest BCUT2D eigenvalue weighted by Crippen LogP contribution is -1.85. The van der Waals surface area contributed by atoms with Crippen LogP contribution < -0.4 is 5.73 Å². The molecule has 1 aromatic heterocycles. The summed E-state index contributed by atoms with van der Waals surface area (Å²) < 4.78 is 1.08. The minimum Gasteiger partial charge on any atom is -0.397 e. The van der Waals surface area contributed by atoms with E-state index in [0.717, 1.165) is 26.9 Å². The Kier molecular flexibility index (Phi) is 2.59. The number of anilines is 1. The third kappa shape index (κ3) is 1.78. The molecule has 0 unspecified atom stereocenters. The van der Waals surface area contributed by atoms with Gasteiger partial charge in [-0.2, -0.15) is 0 Å². The molecule has 1 heterocycles. The maximum Gasteiger partial charge on any atom is 0.138 e. The van der Waals surface area contributed by atoms with Crippen molar-refractivity contribution in [2.75, 3.05) is 5.73 Å². The van der Waals surface area contributed by atoms with Gasteiger partial charge in [-0.25, -0.2) is 4.98 Å². The average molecular weight is 302 g/mol. The van der Waals surface area contributed by atoms with E-state index in [0.29, 0.717) is 5.69 Å². The van der Waals surface area contributed by atoms with Crippen molar-refractivity contribution in [3.63, 3.8) is 0 Å². The Labute approximate surface area is 113 Å². The second-order valence-corrected chi connectivity index (χ2v) is 5.15. The number of hydrogen-bond acceptors (Lipinski definition) is 2. The maximum atomic E-state index is 5.91. The minimum atomic E-state index is 0.696. The number of H-pyrrole nitrogens is 1. The fraction of sp³-hybridized carbons (Fsp3) is 0.0714. The van der Waals surface area contributed by atoms with E-state index in [1.807, 2.05) is 24.3 Å². The third-order valence-electron chi connectivity index (χ3n) is 2.99. The van der Waals surface area contributed by atoms with Gasteiger partial charge < -0.3 is 10.7 Å². The molecule has 0 aliphatic carbocycles. The zero-order valence-electron chi connectivity index (χ0n) is 9.87. The number of aromatic amines is 1. The van der Waals surface area contributed by atoms with E-state index >= 15 is 0 Å². The molecule has 3 rings (SSSR count). The van der Waals surface area contributed by atoms with E-state index in [2.05, 4.69) is 45.0 Å². The Morgan fingerprint density at radius 3 is 2.78 bits per heavy atom. The lowest BCUT2D eigenvalue weighted by Gasteiger charge is -2.00. The quantitative estimate of drug-likeness (QED) is 0.670. The zero-order valence-corrected chi connectivity index (χ0v) is 11.5. The van der Waals surface area contributed by atoms with Gasteiger partial charge in [0, 0.05) is 10.0 Å². The Hall–Kier alpha value is -1.81. The average Bonchev–Trinajstić information content (AvgIpc) is 2.78. The van der Waals surface area contributed by atoms with Crippen LogP contribution in [-0.2, 0) is 0 Å². The van der Waals surface area contributed by atoms with Crippen LogP contribution in [0.2, 0.25) is 0 Å². The summed E-state index contributed by atoms with van der Waals surface area (Å²) in [5.41, 5.74) is 10.6. The predicted octanol–water partition coefficient (Wildman–Crippen LogP) is 3.88. The number of hydrogen-bond donors (Lipinski definition) is 2. The lowest BCUT2D eigenvalue weighted by atomic mass is 10.1. The first kappa shape index (κ1) is 11.3. The number of nitrogen functional groups attached to an aromatic ring is 1. The standard InChI is InChI=1S/C14H12BrN3/c1-8-5-6-9(7-10(8)15)14-17-12-4-2-3-11(16)13(12)18-14/h2-7H,16H2,1H3,(H,17,18). The number of imidazole rings is 1. The van der Waals surface area contributed by atoms with E-state index in [1.165, 1.54) is 5.56 Å². The topological polar surface area (TPSA) is 54.7 Å². The second-order valence-electron chi connectivity index (χ2n) is 4.29. The number of fused-ring (bicyclic) bond motifs is 1. The molecule has 0 radical (unpaired) electrons. The van der Waals surface area contributed by atoms with Gasteiger partial charge >= 0.3 is 0 Å². The molecule has 0 aliphatic heterocycles. The fourth-order valence-corrected chi connectivity index (χ4v) is 2.31. The highest BCUT2D eigenvalue weighted by Crippen LogP contribution is 2.27. The Morgan fingerprint density at radius 2 is 2.06 bits per heavy atom. The van der Waals surface area contributed by atoms with E-state index in [-0.39, 0.29) is 0 Å². The lowest BCUT2D eigenvalue weighted by molar-refractivity contribution is 1.32. The van der Waals surface area contributed by atoms with E-state index in [4.69, 9.17) is 5.73 Å². The summed E-state index contributed by atoms with van der Waals surface area (Å²) in [6.07, 6.45) is 0. The molecule has 0 amide bonds. The van der Waals surface area contributed by atoms with Gasteiger partial charge in [0.05, 0.1) is 11.2 Å². The molecule has 0 spiro atoms. The molecule has 3 nitrogen and oxygen atoms in total. The van der Waals surface area contributed by atoms with Gasteiger partial charge in [0.2, 0.25) is 0 Å². The summed E-state index contributed by atoms with van der Waals surface area (Å²) in [7, 11) is 0. The molecule has 2 aromatic carbocycles. The van der Waals surface area contributed by atoms with Crippen molar-refractivity contribution >= 4 is 32.7 Å². The number of halogens is 1. The monoisotopic (exact) mass is 301 g/mol. The predicted molar refractivity (Wildman–Crippen MR) is 78.4 cm³/mol. The summed E-state index contributed by atoms with van der Waals surface area (Å²) in [4.78, 5) is 7.84. The molecule has 0 saturated carbocycles. The first-order chi connectivity index (χ1) is 8.65. The van der Waals surface area contributed by atoms with Gasteiger partial charge in [0.1, 0.15) is 11.3 Å². The number of aryl methyl sites for hydroxylation is 1. The van der Waals surface area contributed by atoms with Crippen LogP contribution in [-0.4, -0.2) is 9.97 Å². The number of benzene rings is 2. The van der Waals surface area contributed by atoms with Crippen molar-refractivity contribution in [3.05, 3.63) is 46.4 Å². The van der Waals surface area contributed by atoms with E-state index in [1.54, 1.807) is 0 Å². The van der Waals surface area contributed by atoms with Gasteiger partial charge in [-0.1, -0.05) is 34.1 Å². The highest BCUT2D eigenvalue weighted by atomic mass is 79.9. The molecule has 18 heavy (non-hydrogen) atoms. The van der Waals surface area contributed by atoms with Gasteiger partial charge in [0.15, 0.2) is 0 Å². The smallest absolute Gasteiger partial charge is 0.138 e. The van der Waals surface area contributed by atoms with Crippen LogP contribution in [0.5, 0.6) is 0 Å². The highest BCUT2D eigenvalue weighted by molar-refractivity contribution is 9.10. The van der Waals surface area contributed by atoms with Crippen molar-refractivity contribution in [2.45, 2.75) is 6.92 Å². The maximum absolute atomic E-state index is 5.91. The van der Waals surface area contributed by atoms with Gasteiger partial charge in [-0.3, -0.25) is 0 Å². The zero-order chi connectivity index (χ0) is 12.7. The number of aromatic nitrogens is 2. The van der Waals surface area contributed by atoms with Crippen LogP contribution in [0.4, 0.5) is 5.69 Å². The number of nitrogens with zero attached hydrogens (tertiary/aromatic N) is 1. The third-order valence-corrected chi connectivity index (χ3v) is 3.84. The highest BCUT2D eigenvalue weighted by Gasteiger charge is 2.08. The molecule has 0 aliphatic rings. The molecule has 0 fully saturated rings. The van der Waals surface area contributed by atoms with Crippen molar-refractivity contribution in [2.24, 2.45) is 0 Å². The fourth-order valence-electron chi connectivity index (χ4n) is 1.93. The van der Waals surface area contributed by atoms with Crippen molar-refractivity contribution in [1.29, 1.82) is 0 Å². The summed E-state index contributed by atoms with van der Waals surface area (Å²) in [6.45, 7) is 2.06. The van der Waals surface area contributed by atoms with Crippen LogP contribution in [0.15, 0.2) is 40.9 Å². The molecule has 0 saturated heterocycles. The van der Waals surface area contributed by atoms with E-state index in [9.17, 15) is 0 Å². The molecule has 90 valence electrons. The van der Waals surface area contributed by atoms with Crippen molar-refractivity contribution in [1.82, 2.24) is 9.97 Å². The summed E-state index contributed by atoms with van der Waals surface area (Å²) in [5, 5.41) is 0. The molecule has 0 atom stereocenters. The van der Waals surface area contributed by atoms with Crippen LogP contribution in [0.25, 0.3) is 22.4 Å². The van der Waals surface area contributed by atoms with Gasteiger partial charge in [-0.05, 0) is 30.7 Å². The Balaban J connectivity index is 2.19. The molecule has 0 bridgehead atoms. The number of nitrogens with one attached hydrogen (secondary N) is 1. The number of para-hydroxylation sites is 1. The van der Waals surface area contributed by atoms with Crippen LogP contribution in [0.3, 0.4) is 0 Å². The molecular weight excluding hydrogens is 290 g/mol. The Morgan fingerprint density at radius 1 is 1.22 bits per heavy atom. The molecule has 3 N–H and O–H groups in total. The van der Waals surface area contributed by atoms with Crippen molar-refractivity contribution < 1.29 is 0 Å². The SMILES string of the molecule is Cc1ccc(-c2nc3c(N)cccc3[nH]2)cc1Br. The summed E-state index contributed by atoms with van der Waals surface area (Å²) in [5.74, 6) is 0.837. The van der Waals surface area contributed by atoms with Crippen LogP contribution in [0.1, 0.15) is 5.56 Å². The molecular formula is C14H12BrN3. The number of rotatable bonds is 1. The van der Waals surface area contributed by atoms with Crippen LogP contribution >= 0.6 is 15.9 Å². The minimum absolute atomic E-state index is 0.696. The van der Waals surface area contributed by atoms with Gasteiger partial charge in [0.25, 0.3) is 0 Å². The first-order valence-electron chi connectivity index (χ1n) is 5.66. The summed E-state index contributed by atoms with van der Waals surface area (Å²) in [6, 6.07) is 11.9. The molecule has 4 heteroatoms. The number of nitrogens with two attached hydrogens (primary N) is 1. The van der Waals surface area contributed by atoms with Gasteiger partial charge in [-0.15, -0.1) is 0 Å². The largest absolute Gasteiger partial charge is 0.397 e. The summed E-state index contributed by atoms with van der Waals surface area (Å²) >= 11 is 3.54. The van der Waals surface area contributed by atoms with Crippen LogP contribution in [0, 0.1) is 6.92 Å². The first-order valence-corrected chi connectivity index (χ1v) is 6.45. The second kappa shape index (κ2) is 4.14. The molecule has 3 aromatic rings.